The molecule has 17 heavy (non-hydrogen) atoms. The van der Waals surface area contributed by atoms with Gasteiger partial charge in [-0.25, -0.2) is 0 Å². The molecule has 0 atom stereocenters. The van der Waals surface area contributed by atoms with E-state index in [1.165, 1.54) is 44.9 Å². The van der Waals surface area contributed by atoms with Gasteiger partial charge in [0.05, 0.1) is 0 Å². The zero-order valence-corrected chi connectivity index (χ0v) is 11.6. The first-order valence-corrected chi connectivity index (χ1v) is 7.97. The van der Waals surface area contributed by atoms with E-state index in [2.05, 4.69) is 18.3 Å². The van der Waals surface area contributed by atoms with Crippen LogP contribution in [0.4, 0.5) is 0 Å². The highest BCUT2D eigenvalue weighted by Gasteiger charge is 2.19. The summed E-state index contributed by atoms with van der Waals surface area (Å²) in [6, 6.07) is 3.23. The van der Waals surface area contributed by atoms with Crippen molar-refractivity contribution in [1.82, 2.24) is 5.32 Å². The molecule has 1 heterocycles. The lowest BCUT2D eigenvalue weighted by atomic mass is 9.87. The number of fused-ring (bicyclic) bond motifs is 1. The molecule has 0 radical (unpaired) electrons. The summed E-state index contributed by atoms with van der Waals surface area (Å²) in [5.41, 5.74) is 1.64. The molecule has 1 fully saturated rings. The molecule has 3 rings (SSSR count). The zero-order valence-electron chi connectivity index (χ0n) is 10.8. The molecule has 1 N–H and O–H groups in total. The van der Waals surface area contributed by atoms with Crippen molar-refractivity contribution in [3.63, 3.8) is 0 Å². The van der Waals surface area contributed by atoms with Crippen molar-refractivity contribution in [3.05, 3.63) is 21.4 Å². The van der Waals surface area contributed by atoms with E-state index in [9.17, 15) is 0 Å². The Morgan fingerprint density at radius 2 is 2.06 bits per heavy atom. The second-order valence-corrected chi connectivity index (χ2v) is 7.07. The smallest absolute Gasteiger partial charge is 0.0302 e. The van der Waals surface area contributed by atoms with Crippen molar-refractivity contribution in [3.8, 4) is 0 Å². The highest BCUT2D eigenvalue weighted by molar-refractivity contribution is 7.12. The molecule has 0 spiro atoms. The van der Waals surface area contributed by atoms with Crippen molar-refractivity contribution in [2.75, 3.05) is 0 Å². The van der Waals surface area contributed by atoms with Crippen LogP contribution < -0.4 is 5.32 Å². The third-order valence-corrected chi connectivity index (χ3v) is 5.62. The number of hydrogen-bond acceptors (Lipinski definition) is 2. The third kappa shape index (κ3) is 2.74. The van der Waals surface area contributed by atoms with Crippen molar-refractivity contribution in [2.24, 2.45) is 5.92 Å². The largest absolute Gasteiger partial charge is 0.309 e. The van der Waals surface area contributed by atoms with E-state index < -0.39 is 0 Å². The molecule has 0 aromatic carbocycles. The van der Waals surface area contributed by atoms with Crippen LogP contribution in [0.25, 0.3) is 0 Å². The van der Waals surface area contributed by atoms with E-state index >= 15 is 0 Å². The van der Waals surface area contributed by atoms with Gasteiger partial charge in [-0.1, -0.05) is 6.92 Å². The Hall–Kier alpha value is -0.340. The van der Waals surface area contributed by atoms with Crippen LogP contribution in [-0.4, -0.2) is 6.04 Å². The molecule has 2 heteroatoms. The van der Waals surface area contributed by atoms with Gasteiger partial charge in [-0.2, -0.15) is 0 Å². The lowest BCUT2D eigenvalue weighted by Crippen LogP contribution is -2.31. The molecule has 0 bridgehead atoms. The van der Waals surface area contributed by atoms with Crippen LogP contribution in [0.1, 0.15) is 54.3 Å². The molecule has 94 valence electrons. The predicted octanol–water partition coefficient (Wildman–Crippen LogP) is 3.91. The minimum absolute atomic E-state index is 0.781. The average Bonchev–Trinajstić information content (AvgIpc) is 2.88. The van der Waals surface area contributed by atoms with Gasteiger partial charge in [-0.3, -0.25) is 0 Å². The van der Waals surface area contributed by atoms with E-state index in [4.69, 9.17) is 0 Å². The van der Waals surface area contributed by atoms with E-state index in [1.807, 2.05) is 11.3 Å². The van der Waals surface area contributed by atoms with Crippen LogP contribution in [0, 0.1) is 5.92 Å². The third-order valence-electron chi connectivity index (χ3n) is 4.38. The summed E-state index contributed by atoms with van der Waals surface area (Å²) in [6.07, 6.45) is 9.64. The first-order valence-electron chi connectivity index (χ1n) is 7.15. The Morgan fingerprint density at radius 3 is 2.82 bits per heavy atom. The standard InChI is InChI=1S/C15H23NS/c1-11-5-7-13(8-6-11)16-10-14-9-12-3-2-4-15(12)17-14/h9,11,13,16H,2-8,10H2,1H3. The quantitative estimate of drug-likeness (QED) is 0.856. The van der Waals surface area contributed by atoms with Gasteiger partial charge < -0.3 is 5.32 Å². The number of rotatable bonds is 3. The number of aryl methyl sites for hydroxylation is 2. The van der Waals surface area contributed by atoms with E-state index in [0.717, 1.165) is 18.5 Å². The SMILES string of the molecule is CC1CCC(NCc2cc3c(s2)CCC3)CC1. The van der Waals surface area contributed by atoms with Crippen molar-refractivity contribution in [2.45, 2.75) is 64.5 Å². The second-order valence-electron chi connectivity index (χ2n) is 5.85. The lowest BCUT2D eigenvalue weighted by molar-refractivity contribution is 0.307. The number of nitrogens with one attached hydrogen (secondary N) is 1. The van der Waals surface area contributed by atoms with Crippen LogP contribution in [0.3, 0.4) is 0 Å². The van der Waals surface area contributed by atoms with Crippen LogP contribution in [0.2, 0.25) is 0 Å². The molecule has 1 saturated carbocycles. The fourth-order valence-corrected chi connectivity index (χ4v) is 4.40. The average molecular weight is 249 g/mol. The van der Waals surface area contributed by atoms with Crippen molar-refractivity contribution in [1.29, 1.82) is 0 Å². The number of thiophene rings is 1. The first-order chi connectivity index (χ1) is 8.31. The van der Waals surface area contributed by atoms with Gasteiger partial charge in [0.15, 0.2) is 0 Å². The Bertz CT molecular complexity index is 353. The maximum Gasteiger partial charge on any atom is 0.0302 e. The molecule has 2 aliphatic carbocycles. The van der Waals surface area contributed by atoms with Crippen molar-refractivity contribution < 1.29 is 0 Å². The molecular weight excluding hydrogens is 226 g/mol. The zero-order chi connectivity index (χ0) is 11.7. The number of hydrogen-bond donors (Lipinski definition) is 1. The maximum atomic E-state index is 3.76. The molecule has 1 aromatic heterocycles. The molecule has 0 saturated heterocycles. The van der Waals surface area contributed by atoms with E-state index in [1.54, 1.807) is 15.3 Å². The minimum atomic E-state index is 0.781. The molecule has 2 aliphatic rings. The highest BCUT2D eigenvalue weighted by atomic mass is 32.1. The van der Waals surface area contributed by atoms with Gasteiger partial charge in [0.1, 0.15) is 0 Å². The van der Waals surface area contributed by atoms with Gasteiger partial charge in [-0.05, 0) is 62.5 Å². The van der Waals surface area contributed by atoms with E-state index in [0.29, 0.717) is 0 Å². The summed E-state index contributed by atoms with van der Waals surface area (Å²) in [7, 11) is 0. The highest BCUT2D eigenvalue weighted by Crippen LogP contribution is 2.31. The summed E-state index contributed by atoms with van der Waals surface area (Å²) in [5.74, 6) is 0.957. The molecule has 0 amide bonds. The fourth-order valence-electron chi connectivity index (χ4n) is 3.19. The monoisotopic (exact) mass is 249 g/mol. The summed E-state index contributed by atoms with van der Waals surface area (Å²) in [5, 5.41) is 3.76. The molecule has 0 aliphatic heterocycles. The Labute approximate surface area is 109 Å². The Kier molecular flexibility index (Phi) is 3.53. The molecular formula is C15H23NS. The van der Waals surface area contributed by atoms with Gasteiger partial charge >= 0.3 is 0 Å². The van der Waals surface area contributed by atoms with Gasteiger partial charge in [-0.15, -0.1) is 11.3 Å². The second kappa shape index (κ2) is 5.11. The van der Waals surface area contributed by atoms with E-state index in [-0.39, 0.29) is 0 Å². The molecule has 0 unspecified atom stereocenters. The predicted molar refractivity (Wildman–Crippen MR) is 74.6 cm³/mol. The maximum absolute atomic E-state index is 3.76. The van der Waals surface area contributed by atoms with Gasteiger partial charge in [0, 0.05) is 22.3 Å². The van der Waals surface area contributed by atoms with Crippen molar-refractivity contribution >= 4 is 11.3 Å². The first kappa shape index (κ1) is 11.7. The lowest BCUT2D eigenvalue weighted by Gasteiger charge is -2.26. The van der Waals surface area contributed by atoms with Crippen LogP contribution in [0.5, 0.6) is 0 Å². The van der Waals surface area contributed by atoms with Crippen LogP contribution >= 0.6 is 11.3 Å². The summed E-state index contributed by atoms with van der Waals surface area (Å²) in [4.78, 5) is 3.23. The van der Waals surface area contributed by atoms with Gasteiger partial charge in [0.25, 0.3) is 0 Å². The van der Waals surface area contributed by atoms with Gasteiger partial charge in [0.2, 0.25) is 0 Å². The summed E-state index contributed by atoms with van der Waals surface area (Å²) < 4.78 is 0. The fraction of sp³-hybridized carbons (Fsp3) is 0.733. The molecule has 1 aromatic rings. The minimum Gasteiger partial charge on any atom is -0.309 e. The summed E-state index contributed by atoms with van der Waals surface area (Å²) in [6.45, 7) is 3.50. The summed E-state index contributed by atoms with van der Waals surface area (Å²) >= 11 is 2.05. The Balaban J connectivity index is 1.50. The van der Waals surface area contributed by atoms with Crippen LogP contribution in [0.15, 0.2) is 6.07 Å². The molecule has 1 nitrogen and oxygen atoms in total. The Morgan fingerprint density at radius 1 is 1.24 bits per heavy atom. The topological polar surface area (TPSA) is 12.0 Å². The normalized spacial score (nSPS) is 28.3. The van der Waals surface area contributed by atoms with Crippen LogP contribution in [-0.2, 0) is 19.4 Å².